The second-order valence-corrected chi connectivity index (χ2v) is 8.47. The monoisotopic (exact) mass is 494 g/mol. The van der Waals surface area contributed by atoms with Gasteiger partial charge < -0.3 is 10.1 Å². The molecule has 0 saturated carbocycles. The van der Waals surface area contributed by atoms with Gasteiger partial charge in [-0.25, -0.2) is 0 Å². The first-order valence-electron chi connectivity index (χ1n) is 11.4. The minimum atomic E-state index is -0.206. The van der Waals surface area contributed by atoms with E-state index in [2.05, 4.69) is 15.5 Å². The van der Waals surface area contributed by atoms with Crippen LogP contribution in [0.4, 0.5) is 17.2 Å². The van der Waals surface area contributed by atoms with Gasteiger partial charge in [0, 0.05) is 34.6 Å². The van der Waals surface area contributed by atoms with E-state index in [1.165, 1.54) is 0 Å². The van der Waals surface area contributed by atoms with Crippen LogP contribution in [0.3, 0.4) is 0 Å². The summed E-state index contributed by atoms with van der Waals surface area (Å²) in [6.45, 7) is 0.588. The van der Waals surface area contributed by atoms with E-state index in [0.717, 1.165) is 16.6 Å². The molecule has 0 atom stereocenters. The molecule has 0 saturated heterocycles. The Hall–Kier alpha value is -4.42. The Kier molecular flexibility index (Phi) is 6.78. The van der Waals surface area contributed by atoms with Crippen LogP contribution in [0.25, 0.3) is 10.8 Å². The van der Waals surface area contributed by atoms with Crippen molar-refractivity contribution >= 4 is 45.5 Å². The molecule has 36 heavy (non-hydrogen) atoms. The van der Waals surface area contributed by atoms with Crippen molar-refractivity contribution in [2.75, 3.05) is 17.3 Å². The number of carbonyl (C=O) groups excluding carboxylic acids is 1. The van der Waals surface area contributed by atoms with Crippen LogP contribution >= 0.6 is 11.6 Å². The van der Waals surface area contributed by atoms with Crippen molar-refractivity contribution in [3.63, 3.8) is 0 Å². The van der Waals surface area contributed by atoms with Crippen molar-refractivity contribution in [3.8, 4) is 5.75 Å². The van der Waals surface area contributed by atoms with Gasteiger partial charge in [0.1, 0.15) is 5.75 Å². The summed E-state index contributed by atoms with van der Waals surface area (Å²) in [7, 11) is 1.60. The smallest absolute Gasteiger partial charge is 0.262 e. The van der Waals surface area contributed by atoms with Crippen molar-refractivity contribution in [1.82, 2.24) is 10.2 Å². The minimum absolute atomic E-state index is 0.206. The number of rotatable bonds is 7. The van der Waals surface area contributed by atoms with E-state index in [1.54, 1.807) is 24.1 Å². The molecular weight excluding hydrogens is 472 g/mol. The third kappa shape index (κ3) is 4.85. The molecular formula is C29H23ClN4O2. The summed E-state index contributed by atoms with van der Waals surface area (Å²) in [4.78, 5) is 15.5. The Morgan fingerprint density at radius 2 is 1.56 bits per heavy atom. The molecule has 0 fully saturated rings. The van der Waals surface area contributed by atoms with Crippen molar-refractivity contribution in [3.05, 3.63) is 119 Å². The second kappa shape index (κ2) is 10.5. The van der Waals surface area contributed by atoms with Crippen LogP contribution in [0, 0.1) is 0 Å². The lowest BCUT2D eigenvalue weighted by molar-refractivity contribution is 0.0999. The third-order valence-electron chi connectivity index (χ3n) is 5.81. The summed E-state index contributed by atoms with van der Waals surface area (Å²) < 4.78 is 5.39. The molecule has 5 aromatic rings. The van der Waals surface area contributed by atoms with Crippen LogP contribution < -0.4 is 15.0 Å². The first-order valence-corrected chi connectivity index (χ1v) is 11.8. The first kappa shape index (κ1) is 23.3. The average molecular weight is 495 g/mol. The first-order chi connectivity index (χ1) is 17.6. The SMILES string of the molecule is COc1cccc(N(C(=O)c2ccc3c(NCc4ccccc4)nnc(Cl)c3c2)c2ccccc2)c1. The number of methoxy groups -OCH3 is 1. The van der Waals surface area contributed by atoms with Gasteiger partial charge in [-0.1, -0.05) is 66.2 Å². The van der Waals surface area contributed by atoms with E-state index in [-0.39, 0.29) is 11.1 Å². The minimum Gasteiger partial charge on any atom is -0.497 e. The summed E-state index contributed by atoms with van der Waals surface area (Å²) in [6, 6.07) is 32.3. The number of ether oxygens (including phenoxy) is 1. The van der Waals surface area contributed by atoms with Gasteiger partial charge >= 0.3 is 0 Å². The molecule has 7 heteroatoms. The number of para-hydroxylation sites is 1. The van der Waals surface area contributed by atoms with Crippen molar-refractivity contribution in [1.29, 1.82) is 0 Å². The van der Waals surface area contributed by atoms with Crippen LogP contribution in [0.15, 0.2) is 103 Å². The predicted molar refractivity (Wildman–Crippen MR) is 144 cm³/mol. The molecule has 5 rings (SSSR count). The number of benzene rings is 4. The quantitative estimate of drug-likeness (QED) is 0.267. The number of hydrogen-bond donors (Lipinski definition) is 1. The maximum atomic E-state index is 13.9. The summed E-state index contributed by atoms with van der Waals surface area (Å²) in [5, 5.41) is 13.4. The van der Waals surface area contributed by atoms with Gasteiger partial charge in [-0.3, -0.25) is 9.69 Å². The summed E-state index contributed by atoms with van der Waals surface area (Å²) >= 11 is 6.43. The summed E-state index contributed by atoms with van der Waals surface area (Å²) in [5.41, 5.74) is 3.01. The number of fused-ring (bicyclic) bond motifs is 1. The molecule has 1 N–H and O–H groups in total. The second-order valence-electron chi connectivity index (χ2n) is 8.12. The molecule has 0 spiro atoms. The highest BCUT2D eigenvalue weighted by atomic mass is 35.5. The van der Waals surface area contributed by atoms with E-state index < -0.39 is 0 Å². The zero-order chi connectivity index (χ0) is 24.9. The van der Waals surface area contributed by atoms with Crippen LogP contribution in [0.1, 0.15) is 15.9 Å². The van der Waals surface area contributed by atoms with E-state index in [9.17, 15) is 4.79 Å². The molecule has 178 valence electrons. The van der Waals surface area contributed by atoms with Gasteiger partial charge in [-0.2, -0.15) is 0 Å². The number of aromatic nitrogens is 2. The number of amides is 1. The topological polar surface area (TPSA) is 67.3 Å². The molecule has 1 amide bonds. The van der Waals surface area contributed by atoms with Crippen LogP contribution in [0.5, 0.6) is 5.75 Å². The fraction of sp³-hybridized carbons (Fsp3) is 0.0690. The molecule has 0 aliphatic rings. The normalized spacial score (nSPS) is 10.7. The molecule has 0 radical (unpaired) electrons. The Bertz CT molecular complexity index is 1510. The number of nitrogens with zero attached hydrogens (tertiary/aromatic N) is 3. The number of hydrogen-bond acceptors (Lipinski definition) is 5. The highest BCUT2D eigenvalue weighted by molar-refractivity contribution is 6.34. The van der Waals surface area contributed by atoms with Crippen LogP contribution in [-0.2, 0) is 6.54 Å². The van der Waals surface area contributed by atoms with Crippen molar-refractivity contribution in [2.24, 2.45) is 0 Å². The Labute approximate surface area is 214 Å². The number of carbonyl (C=O) groups is 1. The van der Waals surface area contributed by atoms with Gasteiger partial charge in [0.2, 0.25) is 0 Å². The largest absolute Gasteiger partial charge is 0.497 e. The Morgan fingerprint density at radius 3 is 2.31 bits per heavy atom. The fourth-order valence-electron chi connectivity index (χ4n) is 4.01. The predicted octanol–water partition coefficient (Wildman–Crippen LogP) is 6.88. The molecule has 0 unspecified atom stereocenters. The number of halogens is 1. The number of nitrogens with one attached hydrogen (secondary N) is 1. The van der Waals surface area contributed by atoms with Gasteiger partial charge in [0.25, 0.3) is 5.91 Å². The molecule has 1 heterocycles. The van der Waals surface area contributed by atoms with Crippen LogP contribution in [0.2, 0.25) is 5.15 Å². The maximum absolute atomic E-state index is 13.9. The fourth-order valence-corrected chi connectivity index (χ4v) is 4.20. The molecule has 4 aromatic carbocycles. The van der Waals surface area contributed by atoms with E-state index in [1.807, 2.05) is 91.0 Å². The third-order valence-corrected chi connectivity index (χ3v) is 6.09. The number of anilines is 3. The van der Waals surface area contributed by atoms with Crippen LogP contribution in [-0.4, -0.2) is 23.2 Å². The molecule has 0 bridgehead atoms. The molecule has 6 nitrogen and oxygen atoms in total. The summed E-state index contributed by atoms with van der Waals surface area (Å²) in [6.07, 6.45) is 0. The molecule has 0 aliphatic heterocycles. The lowest BCUT2D eigenvalue weighted by Crippen LogP contribution is -2.26. The van der Waals surface area contributed by atoms with Gasteiger partial charge in [-0.15, -0.1) is 10.2 Å². The highest BCUT2D eigenvalue weighted by Gasteiger charge is 2.21. The summed E-state index contributed by atoms with van der Waals surface area (Å²) in [5.74, 6) is 1.06. The lowest BCUT2D eigenvalue weighted by atomic mass is 10.1. The van der Waals surface area contributed by atoms with Gasteiger partial charge in [0.15, 0.2) is 11.0 Å². The molecule has 0 aliphatic carbocycles. The van der Waals surface area contributed by atoms with Gasteiger partial charge in [0.05, 0.1) is 12.8 Å². The Balaban J connectivity index is 1.53. The highest BCUT2D eigenvalue weighted by Crippen LogP contribution is 2.32. The van der Waals surface area contributed by atoms with E-state index in [0.29, 0.717) is 34.7 Å². The Morgan fingerprint density at radius 1 is 0.833 bits per heavy atom. The molecule has 1 aromatic heterocycles. The van der Waals surface area contributed by atoms with E-state index in [4.69, 9.17) is 16.3 Å². The van der Waals surface area contributed by atoms with Crippen molar-refractivity contribution < 1.29 is 9.53 Å². The van der Waals surface area contributed by atoms with Gasteiger partial charge in [-0.05, 0) is 48.0 Å². The van der Waals surface area contributed by atoms with E-state index >= 15 is 0 Å². The average Bonchev–Trinajstić information content (AvgIpc) is 2.94. The standard InChI is InChI=1S/C29H23ClN4O2/c1-36-24-14-8-13-23(18-24)34(22-11-6-3-7-12-22)29(35)21-15-16-25-26(17-21)27(30)32-33-28(25)31-19-20-9-4-2-5-10-20/h2-18H,19H2,1H3,(H,31,33). The zero-order valence-corrected chi connectivity index (χ0v) is 20.3. The lowest BCUT2D eigenvalue weighted by Gasteiger charge is -2.24. The maximum Gasteiger partial charge on any atom is 0.262 e. The zero-order valence-electron chi connectivity index (χ0n) is 19.6. The van der Waals surface area contributed by atoms with Crippen molar-refractivity contribution in [2.45, 2.75) is 6.54 Å².